The molecule has 1 atom stereocenters. The Morgan fingerprint density at radius 1 is 1.00 bits per heavy atom. The summed E-state index contributed by atoms with van der Waals surface area (Å²) in [5.74, 6) is 0. The minimum Gasteiger partial charge on any atom is -0.306 e. The molecular weight excluding hydrogens is 310 g/mol. The van der Waals surface area contributed by atoms with E-state index in [0.717, 1.165) is 17.6 Å². The smallest absolute Gasteiger partial charge is 0.306 e. The Labute approximate surface area is 142 Å². The van der Waals surface area contributed by atoms with Crippen LogP contribution in [-0.4, -0.2) is 9.13 Å². The van der Waals surface area contributed by atoms with Crippen LogP contribution in [0.3, 0.4) is 0 Å². The number of benzene rings is 2. The van der Waals surface area contributed by atoms with Crippen LogP contribution in [0.5, 0.6) is 0 Å². The fourth-order valence-electron chi connectivity index (χ4n) is 2.79. The Balaban J connectivity index is 0.00000192. The second-order valence-corrected chi connectivity index (χ2v) is 5.74. The van der Waals surface area contributed by atoms with Crippen LogP contribution in [0.2, 0.25) is 0 Å². The van der Waals surface area contributed by atoms with Gasteiger partial charge in [0.15, 0.2) is 0 Å². The number of aryl methyl sites for hydroxylation is 2. The van der Waals surface area contributed by atoms with Crippen molar-refractivity contribution >= 4 is 23.4 Å². The zero-order valence-corrected chi connectivity index (χ0v) is 14.4. The van der Waals surface area contributed by atoms with Crippen molar-refractivity contribution in [3.8, 4) is 0 Å². The predicted octanol–water partition coefficient (Wildman–Crippen LogP) is 3.15. The zero-order valence-electron chi connectivity index (χ0n) is 13.6. The molecule has 1 unspecified atom stereocenters. The minimum atomic E-state index is 0. The third kappa shape index (κ3) is 3.33. The second-order valence-electron chi connectivity index (χ2n) is 5.74. The number of halogens is 1. The standard InChI is InChI=1S/C18H21N3O.ClH/c1-13(15-7-5-4-6-8-15)19-12-14-9-10-16-17(11-14)21(3)18(22)20(16)2;/h4-11,13,19H,12H2,1-3H3;1H. The van der Waals surface area contributed by atoms with Gasteiger partial charge in [0.05, 0.1) is 11.0 Å². The molecule has 0 saturated carbocycles. The Morgan fingerprint density at radius 2 is 1.65 bits per heavy atom. The first-order chi connectivity index (χ1) is 10.6. The van der Waals surface area contributed by atoms with Gasteiger partial charge in [0.25, 0.3) is 0 Å². The maximum absolute atomic E-state index is 12.0. The van der Waals surface area contributed by atoms with Crippen molar-refractivity contribution in [2.24, 2.45) is 14.1 Å². The van der Waals surface area contributed by atoms with E-state index in [1.165, 1.54) is 11.1 Å². The van der Waals surface area contributed by atoms with E-state index in [4.69, 9.17) is 0 Å². The van der Waals surface area contributed by atoms with Crippen LogP contribution >= 0.6 is 12.4 Å². The van der Waals surface area contributed by atoms with Gasteiger partial charge >= 0.3 is 5.69 Å². The number of rotatable bonds is 4. The number of nitrogens with zero attached hydrogens (tertiary/aromatic N) is 2. The topological polar surface area (TPSA) is 39.0 Å². The second kappa shape index (κ2) is 7.02. The Hall–Kier alpha value is -2.04. The minimum absolute atomic E-state index is 0. The number of hydrogen-bond acceptors (Lipinski definition) is 2. The van der Waals surface area contributed by atoms with E-state index >= 15 is 0 Å². The molecule has 1 N–H and O–H groups in total. The van der Waals surface area contributed by atoms with Gasteiger partial charge in [-0.25, -0.2) is 4.79 Å². The predicted molar refractivity (Wildman–Crippen MR) is 97.1 cm³/mol. The highest BCUT2D eigenvalue weighted by Gasteiger charge is 2.09. The number of nitrogens with one attached hydrogen (secondary N) is 1. The normalized spacial score (nSPS) is 12.1. The van der Waals surface area contributed by atoms with Crippen molar-refractivity contribution in [3.63, 3.8) is 0 Å². The number of hydrogen-bond donors (Lipinski definition) is 1. The highest BCUT2D eigenvalue weighted by Crippen LogP contribution is 2.16. The van der Waals surface area contributed by atoms with E-state index in [9.17, 15) is 4.79 Å². The summed E-state index contributed by atoms with van der Waals surface area (Å²) >= 11 is 0. The summed E-state index contributed by atoms with van der Waals surface area (Å²) in [7, 11) is 3.62. The fourth-order valence-corrected chi connectivity index (χ4v) is 2.79. The van der Waals surface area contributed by atoms with Crippen LogP contribution in [-0.2, 0) is 20.6 Å². The maximum atomic E-state index is 12.0. The van der Waals surface area contributed by atoms with Crippen LogP contribution in [0, 0.1) is 0 Å². The lowest BCUT2D eigenvalue weighted by atomic mass is 10.1. The van der Waals surface area contributed by atoms with Gasteiger partial charge in [0.1, 0.15) is 0 Å². The summed E-state index contributed by atoms with van der Waals surface area (Å²) < 4.78 is 3.37. The lowest BCUT2D eigenvalue weighted by Gasteiger charge is -2.14. The van der Waals surface area contributed by atoms with Crippen LogP contribution < -0.4 is 11.0 Å². The van der Waals surface area contributed by atoms with Crippen LogP contribution in [0.25, 0.3) is 11.0 Å². The van der Waals surface area contributed by atoms with Gasteiger partial charge in [0, 0.05) is 26.7 Å². The molecule has 0 saturated heterocycles. The highest BCUT2D eigenvalue weighted by atomic mass is 35.5. The van der Waals surface area contributed by atoms with Crippen molar-refractivity contribution in [3.05, 3.63) is 70.1 Å². The molecule has 23 heavy (non-hydrogen) atoms. The molecule has 4 nitrogen and oxygen atoms in total. The van der Waals surface area contributed by atoms with E-state index in [0.29, 0.717) is 0 Å². The Bertz CT molecular complexity index is 852. The monoisotopic (exact) mass is 331 g/mol. The number of imidazole rings is 1. The maximum Gasteiger partial charge on any atom is 0.328 e. The summed E-state index contributed by atoms with van der Waals surface area (Å²) in [5.41, 5.74) is 4.40. The van der Waals surface area contributed by atoms with Gasteiger partial charge in [-0.1, -0.05) is 36.4 Å². The first-order valence-corrected chi connectivity index (χ1v) is 7.50. The molecule has 0 spiro atoms. The van der Waals surface area contributed by atoms with Gasteiger partial charge in [-0.15, -0.1) is 12.4 Å². The average Bonchev–Trinajstić information content (AvgIpc) is 2.78. The SMILES string of the molecule is CC(NCc1ccc2c(c1)n(C)c(=O)n2C)c1ccccc1.Cl. The fraction of sp³-hybridized carbons (Fsp3) is 0.278. The van der Waals surface area contributed by atoms with Gasteiger partial charge in [-0.3, -0.25) is 9.13 Å². The lowest BCUT2D eigenvalue weighted by Crippen LogP contribution is -2.19. The molecular formula is C18H22ClN3O. The van der Waals surface area contributed by atoms with Crippen molar-refractivity contribution in [2.75, 3.05) is 0 Å². The first-order valence-electron chi connectivity index (χ1n) is 7.50. The van der Waals surface area contributed by atoms with Gasteiger partial charge in [-0.05, 0) is 30.2 Å². The van der Waals surface area contributed by atoms with Crippen molar-refractivity contribution in [1.82, 2.24) is 14.5 Å². The van der Waals surface area contributed by atoms with Crippen molar-refractivity contribution in [2.45, 2.75) is 19.5 Å². The lowest BCUT2D eigenvalue weighted by molar-refractivity contribution is 0.575. The van der Waals surface area contributed by atoms with Crippen LogP contribution in [0.1, 0.15) is 24.1 Å². The van der Waals surface area contributed by atoms with Gasteiger partial charge in [0.2, 0.25) is 0 Å². The summed E-state index contributed by atoms with van der Waals surface area (Å²) in [6.45, 7) is 2.93. The van der Waals surface area contributed by atoms with E-state index in [-0.39, 0.29) is 24.1 Å². The summed E-state index contributed by atoms with van der Waals surface area (Å²) in [5, 5.41) is 3.53. The molecule has 122 valence electrons. The third-order valence-corrected chi connectivity index (χ3v) is 4.25. The Kier molecular flexibility index (Phi) is 5.29. The molecule has 0 aliphatic rings. The molecule has 1 aromatic heterocycles. The molecule has 0 bridgehead atoms. The molecule has 3 rings (SSSR count). The largest absolute Gasteiger partial charge is 0.328 e. The quantitative estimate of drug-likeness (QED) is 0.797. The summed E-state index contributed by atoms with van der Waals surface area (Å²) in [6.07, 6.45) is 0. The van der Waals surface area contributed by atoms with E-state index in [1.807, 2.05) is 19.2 Å². The molecule has 3 aromatic rings. The molecule has 0 aliphatic carbocycles. The van der Waals surface area contributed by atoms with Crippen molar-refractivity contribution in [1.29, 1.82) is 0 Å². The third-order valence-electron chi connectivity index (χ3n) is 4.25. The summed E-state index contributed by atoms with van der Waals surface area (Å²) in [6, 6.07) is 16.9. The van der Waals surface area contributed by atoms with Crippen LogP contribution in [0.4, 0.5) is 0 Å². The molecule has 1 heterocycles. The van der Waals surface area contributed by atoms with Gasteiger partial charge < -0.3 is 5.32 Å². The number of fused-ring (bicyclic) bond motifs is 1. The molecule has 0 amide bonds. The molecule has 0 radical (unpaired) electrons. The molecule has 5 heteroatoms. The molecule has 0 fully saturated rings. The van der Waals surface area contributed by atoms with Gasteiger partial charge in [-0.2, -0.15) is 0 Å². The number of aromatic nitrogens is 2. The van der Waals surface area contributed by atoms with E-state index in [2.05, 4.69) is 48.6 Å². The Morgan fingerprint density at radius 3 is 2.35 bits per heavy atom. The molecule has 2 aromatic carbocycles. The van der Waals surface area contributed by atoms with Crippen molar-refractivity contribution < 1.29 is 0 Å². The van der Waals surface area contributed by atoms with E-state index in [1.54, 1.807) is 16.2 Å². The van der Waals surface area contributed by atoms with Crippen LogP contribution in [0.15, 0.2) is 53.3 Å². The average molecular weight is 332 g/mol. The molecule has 0 aliphatic heterocycles. The van der Waals surface area contributed by atoms with E-state index < -0.39 is 0 Å². The highest BCUT2D eigenvalue weighted by molar-refractivity contribution is 5.85. The first kappa shape index (κ1) is 17.3. The zero-order chi connectivity index (χ0) is 15.7. The summed E-state index contributed by atoms with van der Waals surface area (Å²) in [4.78, 5) is 12.0.